The quantitative estimate of drug-likeness (QED) is 0.899. The SMILES string of the molecule is CCNC(c1ccc(C)nc1)c1cccc(C)c1C. The van der Waals surface area contributed by atoms with Crippen molar-refractivity contribution in [2.45, 2.75) is 33.7 Å². The van der Waals surface area contributed by atoms with Gasteiger partial charge in [0, 0.05) is 11.9 Å². The third-order valence-electron chi connectivity index (χ3n) is 3.63. The molecule has 0 bridgehead atoms. The van der Waals surface area contributed by atoms with Crippen molar-refractivity contribution in [3.63, 3.8) is 0 Å². The summed E-state index contributed by atoms with van der Waals surface area (Å²) in [4.78, 5) is 4.42. The van der Waals surface area contributed by atoms with Crippen LogP contribution < -0.4 is 5.32 Å². The summed E-state index contributed by atoms with van der Waals surface area (Å²) in [6.07, 6.45) is 1.98. The van der Waals surface area contributed by atoms with Crippen molar-refractivity contribution in [2.24, 2.45) is 0 Å². The highest BCUT2D eigenvalue weighted by Crippen LogP contribution is 2.26. The summed E-state index contributed by atoms with van der Waals surface area (Å²) >= 11 is 0. The number of nitrogens with one attached hydrogen (secondary N) is 1. The summed E-state index contributed by atoms with van der Waals surface area (Å²) in [7, 11) is 0. The number of aromatic nitrogens is 1. The van der Waals surface area contributed by atoms with Crippen LogP contribution in [0.25, 0.3) is 0 Å². The highest BCUT2D eigenvalue weighted by molar-refractivity contribution is 5.40. The number of nitrogens with zero attached hydrogens (tertiary/aromatic N) is 1. The molecule has 100 valence electrons. The first kappa shape index (κ1) is 13.8. The maximum absolute atomic E-state index is 4.42. The highest BCUT2D eigenvalue weighted by atomic mass is 14.9. The lowest BCUT2D eigenvalue weighted by molar-refractivity contribution is 0.625. The van der Waals surface area contributed by atoms with Crippen molar-refractivity contribution in [3.05, 3.63) is 64.5 Å². The third-order valence-corrected chi connectivity index (χ3v) is 3.63. The fourth-order valence-electron chi connectivity index (χ4n) is 2.35. The van der Waals surface area contributed by atoms with E-state index >= 15 is 0 Å². The molecule has 0 spiro atoms. The molecule has 1 unspecified atom stereocenters. The van der Waals surface area contributed by atoms with Crippen LogP contribution in [0.15, 0.2) is 36.5 Å². The second-order valence-electron chi connectivity index (χ2n) is 5.01. The van der Waals surface area contributed by atoms with Crippen LogP contribution in [0.1, 0.15) is 40.9 Å². The van der Waals surface area contributed by atoms with Crippen molar-refractivity contribution in [1.82, 2.24) is 10.3 Å². The molecule has 2 heteroatoms. The van der Waals surface area contributed by atoms with Gasteiger partial charge in [0.2, 0.25) is 0 Å². The molecule has 0 saturated carbocycles. The predicted octanol–water partition coefficient (Wildman–Crippen LogP) is 3.71. The Morgan fingerprint density at radius 2 is 1.89 bits per heavy atom. The van der Waals surface area contributed by atoms with E-state index in [1.807, 2.05) is 13.1 Å². The van der Waals surface area contributed by atoms with Crippen LogP contribution in [0.4, 0.5) is 0 Å². The molecule has 2 rings (SSSR count). The van der Waals surface area contributed by atoms with Gasteiger partial charge >= 0.3 is 0 Å². The number of hydrogen-bond donors (Lipinski definition) is 1. The number of aryl methyl sites for hydroxylation is 2. The van der Waals surface area contributed by atoms with E-state index in [0.717, 1.165) is 12.2 Å². The van der Waals surface area contributed by atoms with E-state index in [4.69, 9.17) is 0 Å². The van der Waals surface area contributed by atoms with Gasteiger partial charge in [0.05, 0.1) is 6.04 Å². The summed E-state index contributed by atoms with van der Waals surface area (Å²) in [6, 6.07) is 11.0. The fourth-order valence-corrected chi connectivity index (χ4v) is 2.35. The zero-order chi connectivity index (χ0) is 13.8. The van der Waals surface area contributed by atoms with Crippen LogP contribution in [0.5, 0.6) is 0 Å². The first-order chi connectivity index (χ1) is 9.13. The van der Waals surface area contributed by atoms with E-state index in [9.17, 15) is 0 Å². The molecule has 0 saturated heterocycles. The second-order valence-corrected chi connectivity index (χ2v) is 5.01. The Labute approximate surface area is 115 Å². The molecule has 1 aromatic heterocycles. The number of pyridine rings is 1. The van der Waals surface area contributed by atoms with Crippen LogP contribution in [0.3, 0.4) is 0 Å². The van der Waals surface area contributed by atoms with Crippen molar-refractivity contribution < 1.29 is 0 Å². The standard InChI is InChI=1S/C17H22N2/c1-5-18-17(15-10-9-13(3)19-11-15)16-8-6-7-12(2)14(16)4/h6-11,17-18H,5H2,1-4H3. The Morgan fingerprint density at radius 3 is 2.53 bits per heavy atom. The van der Waals surface area contributed by atoms with Crippen LogP contribution in [0, 0.1) is 20.8 Å². The van der Waals surface area contributed by atoms with Crippen LogP contribution in [-0.4, -0.2) is 11.5 Å². The Bertz CT molecular complexity index is 544. The van der Waals surface area contributed by atoms with E-state index in [1.54, 1.807) is 0 Å². The maximum atomic E-state index is 4.42. The topological polar surface area (TPSA) is 24.9 Å². The number of rotatable bonds is 4. The van der Waals surface area contributed by atoms with Gasteiger partial charge in [-0.3, -0.25) is 4.98 Å². The van der Waals surface area contributed by atoms with Gasteiger partial charge in [0.25, 0.3) is 0 Å². The largest absolute Gasteiger partial charge is 0.306 e. The van der Waals surface area contributed by atoms with Crippen molar-refractivity contribution in [2.75, 3.05) is 6.54 Å². The molecule has 0 fully saturated rings. The summed E-state index contributed by atoms with van der Waals surface area (Å²) < 4.78 is 0. The minimum Gasteiger partial charge on any atom is -0.306 e. The summed E-state index contributed by atoms with van der Waals surface area (Å²) in [6.45, 7) is 9.45. The molecule has 1 N–H and O–H groups in total. The molecule has 1 atom stereocenters. The van der Waals surface area contributed by atoms with Crippen LogP contribution in [-0.2, 0) is 0 Å². The summed E-state index contributed by atoms with van der Waals surface area (Å²) in [5, 5.41) is 3.56. The lowest BCUT2D eigenvalue weighted by atomic mass is 9.93. The van der Waals surface area contributed by atoms with E-state index < -0.39 is 0 Å². The number of hydrogen-bond acceptors (Lipinski definition) is 2. The van der Waals surface area contributed by atoms with Crippen LogP contribution >= 0.6 is 0 Å². The Hall–Kier alpha value is -1.67. The van der Waals surface area contributed by atoms with Gasteiger partial charge in [-0.15, -0.1) is 0 Å². The molecule has 0 aliphatic heterocycles. The first-order valence-corrected chi connectivity index (χ1v) is 6.85. The van der Waals surface area contributed by atoms with Gasteiger partial charge in [-0.25, -0.2) is 0 Å². The molecule has 2 nitrogen and oxygen atoms in total. The predicted molar refractivity (Wildman–Crippen MR) is 80.4 cm³/mol. The zero-order valence-electron chi connectivity index (χ0n) is 12.2. The Kier molecular flexibility index (Phi) is 4.33. The molecule has 2 aromatic rings. The van der Waals surface area contributed by atoms with Crippen molar-refractivity contribution in [1.29, 1.82) is 0 Å². The molecule has 0 aliphatic rings. The maximum Gasteiger partial charge on any atom is 0.0594 e. The molecular weight excluding hydrogens is 232 g/mol. The van der Waals surface area contributed by atoms with Gasteiger partial charge in [0.15, 0.2) is 0 Å². The second kappa shape index (κ2) is 5.98. The van der Waals surface area contributed by atoms with Crippen molar-refractivity contribution >= 4 is 0 Å². The first-order valence-electron chi connectivity index (χ1n) is 6.85. The fraction of sp³-hybridized carbons (Fsp3) is 0.353. The molecule has 19 heavy (non-hydrogen) atoms. The van der Waals surface area contributed by atoms with Crippen molar-refractivity contribution in [3.8, 4) is 0 Å². The van der Waals surface area contributed by atoms with Gasteiger partial charge in [-0.1, -0.05) is 31.2 Å². The lowest BCUT2D eigenvalue weighted by Crippen LogP contribution is -2.23. The molecule has 0 amide bonds. The van der Waals surface area contributed by atoms with Gasteiger partial charge in [-0.2, -0.15) is 0 Å². The average molecular weight is 254 g/mol. The zero-order valence-corrected chi connectivity index (χ0v) is 12.2. The van der Waals surface area contributed by atoms with E-state index in [-0.39, 0.29) is 6.04 Å². The normalized spacial score (nSPS) is 12.4. The van der Waals surface area contributed by atoms with E-state index in [2.05, 4.69) is 61.4 Å². The summed E-state index contributed by atoms with van der Waals surface area (Å²) in [5.74, 6) is 0. The molecule has 1 aromatic carbocycles. The lowest BCUT2D eigenvalue weighted by Gasteiger charge is -2.21. The minimum atomic E-state index is 0.220. The average Bonchev–Trinajstić information content (AvgIpc) is 2.41. The third kappa shape index (κ3) is 3.02. The molecule has 0 aliphatic carbocycles. The monoisotopic (exact) mass is 254 g/mol. The molecular formula is C17H22N2. The summed E-state index contributed by atoms with van der Waals surface area (Å²) in [5.41, 5.74) is 6.31. The van der Waals surface area contributed by atoms with Gasteiger partial charge in [-0.05, 0) is 55.6 Å². The Balaban J connectivity index is 2.45. The van der Waals surface area contributed by atoms with Gasteiger partial charge < -0.3 is 5.32 Å². The highest BCUT2D eigenvalue weighted by Gasteiger charge is 2.15. The smallest absolute Gasteiger partial charge is 0.0594 e. The van der Waals surface area contributed by atoms with E-state index in [1.165, 1.54) is 22.3 Å². The van der Waals surface area contributed by atoms with Gasteiger partial charge in [0.1, 0.15) is 0 Å². The van der Waals surface area contributed by atoms with Crippen LogP contribution in [0.2, 0.25) is 0 Å². The molecule has 0 radical (unpaired) electrons. The number of benzene rings is 1. The molecule has 1 heterocycles. The minimum absolute atomic E-state index is 0.220. The Morgan fingerprint density at radius 1 is 1.11 bits per heavy atom. The van der Waals surface area contributed by atoms with E-state index in [0.29, 0.717) is 0 Å².